The Morgan fingerprint density at radius 1 is 1.29 bits per heavy atom. The number of carboxylic acids is 1. The van der Waals surface area contributed by atoms with E-state index in [2.05, 4.69) is 18.6 Å². The third kappa shape index (κ3) is 4.17. The van der Waals surface area contributed by atoms with E-state index in [1.165, 1.54) is 4.31 Å². The molecule has 122 valence electrons. The second kappa shape index (κ2) is 6.22. The maximum absolute atomic E-state index is 12.4. The highest BCUT2D eigenvalue weighted by atomic mass is 32.2. The zero-order chi connectivity index (χ0) is 15.7. The third-order valence-electron chi connectivity index (χ3n) is 4.75. The summed E-state index contributed by atoms with van der Waals surface area (Å²) in [6.45, 7) is 5.46. The first-order chi connectivity index (χ1) is 9.72. The molecular formula is C14H26N2O4S. The summed E-state index contributed by atoms with van der Waals surface area (Å²) in [4.78, 5) is 10.9. The highest BCUT2D eigenvalue weighted by Gasteiger charge is 2.40. The van der Waals surface area contributed by atoms with Gasteiger partial charge in [0.15, 0.2) is 0 Å². The van der Waals surface area contributed by atoms with Crippen LogP contribution in [0.2, 0.25) is 0 Å². The molecule has 0 aromatic heterocycles. The standard InChI is InChI=1S/C14H26N2O4S/c1-11-6-12(2)9-16(8-11)21(19,20)15-10-14(4-3-5-14)7-13(17)18/h11-12,15H,3-10H2,1-2H3,(H,17,18). The number of rotatable bonds is 6. The van der Waals surface area contributed by atoms with Gasteiger partial charge in [-0.05, 0) is 36.5 Å². The van der Waals surface area contributed by atoms with Crippen LogP contribution in [0.5, 0.6) is 0 Å². The lowest BCUT2D eigenvalue weighted by Crippen LogP contribution is -2.51. The Bertz CT molecular complexity index is 477. The summed E-state index contributed by atoms with van der Waals surface area (Å²) in [7, 11) is -3.50. The summed E-state index contributed by atoms with van der Waals surface area (Å²) in [5.41, 5.74) is -0.383. The largest absolute Gasteiger partial charge is 0.481 e. The fraction of sp³-hybridized carbons (Fsp3) is 0.929. The molecule has 2 atom stereocenters. The summed E-state index contributed by atoms with van der Waals surface area (Å²) < 4.78 is 29.0. The number of aliphatic carboxylic acids is 1. The molecule has 1 saturated heterocycles. The van der Waals surface area contributed by atoms with E-state index in [4.69, 9.17) is 5.11 Å². The molecule has 0 amide bonds. The average Bonchev–Trinajstić information content (AvgIpc) is 2.31. The molecule has 2 unspecified atom stereocenters. The number of piperidine rings is 1. The molecule has 0 aromatic rings. The van der Waals surface area contributed by atoms with Crippen molar-refractivity contribution in [2.45, 2.75) is 46.0 Å². The summed E-state index contributed by atoms with van der Waals surface area (Å²) in [5.74, 6) is -0.127. The zero-order valence-corrected chi connectivity index (χ0v) is 13.7. The van der Waals surface area contributed by atoms with E-state index in [0.29, 0.717) is 24.9 Å². The van der Waals surface area contributed by atoms with Crippen LogP contribution >= 0.6 is 0 Å². The molecule has 2 rings (SSSR count). The van der Waals surface area contributed by atoms with Crippen molar-refractivity contribution in [3.63, 3.8) is 0 Å². The lowest BCUT2D eigenvalue weighted by atomic mass is 9.67. The molecule has 0 aromatic carbocycles. The number of nitrogens with zero attached hydrogens (tertiary/aromatic N) is 1. The van der Waals surface area contributed by atoms with E-state index in [9.17, 15) is 13.2 Å². The average molecular weight is 318 g/mol. The highest BCUT2D eigenvalue weighted by molar-refractivity contribution is 7.87. The van der Waals surface area contributed by atoms with Crippen molar-refractivity contribution in [2.75, 3.05) is 19.6 Å². The maximum atomic E-state index is 12.4. The fourth-order valence-corrected chi connectivity index (χ4v) is 5.12. The smallest absolute Gasteiger partial charge is 0.303 e. The van der Waals surface area contributed by atoms with Gasteiger partial charge in [0.05, 0.1) is 6.42 Å². The second-order valence-corrected chi connectivity index (χ2v) is 8.77. The quantitative estimate of drug-likeness (QED) is 0.776. The lowest BCUT2D eigenvalue weighted by molar-refractivity contribution is -0.141. The molecule has 1 aliphatic heterocycles. The third-order valence-corrected chi connectivity index (χ3v) is 6.23. The molecule has 6 nitrogen and oxygen atoms in total. The van der Waals surface area contributed by atoms with Crippen LogP contribution in [0.25, 0.3) is 0 Å². The van der Waals surface area contributed by atoms with Gasteiger partial charge in [-0.25, -0.2) is 4.72 Å². The highest BCUT2D eigenvalue weighted by Crippen LogP contribution is 2.43. The van der Waals surface area contributed by atoms with Crippen molar-refractivity contribution in [1.29, 1.82) is 0 Å². The van der Waals surface area contributed by atoms with Gasteiger partial charge in [-0.3, -0.25) is 4.79 Å². The van der Waals surface area contributed by atoms with Gasteiger partial charge in [0.25, 0.3) is 10.2 Å². The van der Waals surface area contributed by atoms with Crippen LogP contribution in [0.4, 0.5) is 0 Å². The normalized spacial score (nSPS) is 29.8. The van der Waals surface area contributed by atoms with Gasteiger partial charge in [-0.2, -0.15) is 12.7 Å². The van der Waals surface area contributed by atoms with Gasteiger partial charge in [0.2, 0.25) is 0 Å². The Morgan fingerprint density at radius 2 is 1.86 bits per heavy atom. The van der Waals surface area contributed by atoms with Gasteiger partial charge >= 0.3 is 5.97 Å². The lowest BCUT2D eigenvalue weighted by Gasteiger charge is -2.41. The fourth-order valence-electron chi connectivity index (χ4n) is 3.55. The van der Waals surface area contributed by atoms with Crippen molar-refractivity contribution >= 4 is 16.2 Å². The molecule has 0 spiro atoms. The van der Waals surface area contributed by atoms with E-state index in [1.807, 2.05) is 0 Å². The van der Waals surface area contributed by atoms with Gasteiger partial charge in [-0.1, -0.05) is 20.3 Å². The predicted octanol–water partition coefficient (Wildman–Crippen LogP) is 1.44. The van der Waals surface area contributed by atoms with Crippen LogP contribution in [-0.2, 0) is 15.0 Å². The molecule has 1 aliphatic carbocycles. The molecule has 7 heteroatoms. The Kier molecular flexibility index (Phi) is 4.95. The molecule has 2 aliphatic rings. The molecule has 0 bridgehead atoms. The number of nitrogens with one attached hydrogen (secondary N) is 1. The Balaban J connectivity index is 1.96. The van der Waals surface area contributed by atoms with E-state index >= 15 is 0 Å². The number of carbonyl (C=O) groups is 1. The monoisotopic (exact) mass is 318 g/mol. The van der Waals surface area contributed by atoms with E-state index < -0.39 is 16.2 Å². The van der Waals surface area contributed by atoms with Gasteiger partial charge in [0, 0.05) is 19.6 Å². The van der Waals surface area contributed by atoms with Crippen molar-refractivity contribution in [1.82, 2.24) is 9.03 Å². The summed E-state index contributed by atoms with van der Waals surface area (Å²) >= 11 is 0. The Labute approximate surface area is 127 Å². The Hall–Kier alpha value is -0.660. The van der Waals surface area contributed by atoms with Crippen LogP contribution in [0.15, 0.2) is 0 Å². The second-order valence-electron chi connectivity index (χ2n) is 7.01. The van der Waals surface area contributed by atoms with Crippen molar-refractivity contribution in [3.05, 3.63) is 0 Å². The van der Waals surface area contributed by atoms with Crippen molar-refractivity contribution in [2.24, 2.45) is 17.3 Å². The molecule has 0 radical (unpaired) electrons. The van der Waals surface area contributed by atoms with E-state index in [0.717, 1.165) is 25.7 Å². The topological polar surface area (TPSA) is 86.7 Å². The molecule has 1 heterocycles. The van der Waals surface area contributed by atoms with Crippen LogP contribution in [0.3, 0.4) is 0 Å². The zero-order valence-electron chi connectivity index (χ0n) is 12.8. The first-order valence-corrected chi connectivity index (χ1v) is 9.13. The molecule has 1 saturated carbocycles. The van der Waals surface area contributed by atoms with E-state index in [1.54, 1.807) is 0 Å². The molecule has 2 fully saturated rings. The van der Waals surface area contributed by atoms with Crippen LogP contribution < -0.4 is 4.72 Å². The first kappa shape index (κ1) is 16.7. The molecule has 21 heavy (non-hydrogen) atoms. The minimum absolute atomic E-state index is 0.0440. The minimum atomic E-state index is -3.50. The molecular weight excluding hydrogens is 292 g/mol. The summed E-state index contributed by atoms with van der Waals surface area (Å²) in [6, 6.07) is 0. The molecule has 2 N–H and O–H groups in total. The van der Waals surface area contributed by atoms with Crippen LogP contribution in [0, 0.1) is 17.3 Å². The minimum Gasteiger partial charge on any atom is -0.481 e. The van der Waals surface area contributed by atoms with Gasteiger partial charge in [0.1, 0.15) is 0 Å². The van der Waals surface area contributed by atoms with Gasteiger partial charge in [-0.15, -0.1) is 0 Å². The number of hydrogen-bond donors (Lipinski definition) is 2. The van der Waals surface area contributed by atoms with Crippen LogP contribution in [0.1, 0.15) is 46.0 Å². The van der Waals surface area contributed by atoms with Gasteiger partial charge < -0.3 is 5.11 Å². The van der Waals surface area contributed by atoms with E-state index in [-0.39, 0.29) is 18.4 Å². The van der Waals surface area contributed by atoms with Crippen LogP contribution in [-0.4, -0.2) is 43.4 Å². The van der Waals surface area contributed by atoms with Crippen molar-refractivity contribution in [3.8, 4) is 0 Å². The van der Waals surface area contributed by atoms with Crippen molar-refractivity contribution < 1.29 is 18.3 Å². The SMILES string of the molecule is CC1CC(C)CN(S(=O)(=O)NCC2(CC(=O)O)CCC2)C1. The number of carboxylic acid groups (broad SMARTS) is 1. The number of hydrogen-bond acceptors (Lipinski definition) is 3. The predicted molar refractivity (Wildman–Crippen MR) is 80.0 cm³/mol. The first-order valence-electron chi connectivity index (χ1n) is 7.69. The summed E-state index contributed by atoms with van der Waals surface area (Å²) in [6.07, 6.45) is 3.65. The maximum Gasteiger partial charge on any atom is 0.303 e. The summed E-state index contributed by atoms with van der Waals surface area (Å²) in [5, 5.41) is 8.97. The Morgan fingerprint density at radius 3 is 2.29 bits per heavy atom.